The largest absolute Gasteiger partial charge is 0.379 e. The molecular weight excluding hydrogens is 204 g/mol. The molecular formula is C12H24N2O2. The van der Waals surface area contributed by atoms with Crippen LogP contribution in [0.25, 0.3) is 0 Å². The summed E-state index contributed by atoms with van der Waals surface area (Å²) < 4.78 is 0. The molecule has 0 spiro atoms. The fourth-order valence-corrected chi connectivity index (χ4v) is 2.87. The third-order valence-electron chi connectivity index (χ3n) is 3.68. The fourth-order valence-electron chi connectivity index (χ4n) is 2.87. The van der Waals surface area contributed by atoms with Crippen LogP contribution in [-0.4, -0.2) is 17.3 Å². The number of nitrogens with one attached hydrogen (secondary N) is 1. The van der Waals surface area contributed by atoms with Crippen LogP contribution in [-0.2, 0) is 0 Å². The summed E-state index contributed by atoms with van der Waals surface area (Å²) in [6.07, 6.45) is 14.6. The van der Waals surface area contributed by atoms with Crippen LogP contribution >= 0.6 is 0 Å². The Kier molecular flexibility index (Phi) is 7.14. The molecule has 94 valence electrons. The summed E-state index contributed by atoms with van der Waals surface area (Å²) in [7, 11) is 0. The van der Waals surface area contributed by atoms with Gasteiger partial charge in [-0.3, -0.25) is 0 Å². The Labute approximate surface area is 97.7 Å². The van der Waals surface area contributed by atoms with E-state index < -0.39 is 0 Å². The van der Waals surface area contributed by atoms with Gasteiger partial charge in [0.2, 0.25) is 0 Å². The van der Waals surface area contributed by atoms with Gasteiger partial charge in [-0.1, -0.05) is 38.5 Å². The van der Waals surface area contributed by atoms with Gasteiger partial charge in [0.15, 0.2) is 5.34 Å². The fraction of sp³-hybridized carbons (Fsp3) is 1.00. The molecule has 2 N–H and O–H groups in total. The zero-order chi connectivity index (χ0) is 11.6. The van der Waals surface area contributed by atoms with Crippen LogP contribution in [0.3, 0.4) is 0 Å². The first-order chi connectivity index (χ1) is 7.86. The molecule has 0 aliphatic heterocycles. The first-order valence-corrected chi connectivity index (χ1v) is 6.59. The van der Waals surface area contributed by atoms with Crippen LogP contribution in [0.4, 0.5) is 0 Å². The smallest absolute Gasteiger partial charge is 0.152 e. The molecule has 0 aromatic heterocycles. The van der Waals surface area contributed by atoms with Crippen LogP contribution in [0.15, 0.2) is 5.34 Å². The molecule has 2 aliphatic carbocycles. The summed E-state index contributed by atoms with van der Waals surface area (Å²) in [6, 6.07) is 1.74. The average Bonchev–Trinajstić information content (AvgIpc) is 2.33. The lowest BCUT2D eigenvalue weighted by atomic mass is 9.91. The highest BCUT2D eigenvalue weighted by atomic mass is 16.6. The second-order valence-electron chi connectivity index (χ2n) is 4.92. The van der Waals surface area contributed by atoms with Crippen LogP contribution in [0, 0.1) is 4.91 Å². The van der Waals surface area contributed by atoms with E-state index in [4.69, 9.17) is 10.1 Å². The number of nitrogens with zero attached hydrogens (tertiary/aromatic N) is 1. The second-order valence-corrected chi connectivity index (χ2v) is 4.92. The van der Waals surface area contributed by atoms with Crippen molar-refractivity contribution in [2.75, 3.05) is 0 Å². The highest BCUT2D eigenvalue weighted by Crippen LogP contribution is 2.22. The topological polar surface area (TPSA) is 61.7 Å². The molecule has 16 heavy (non-hydrogen) atoms. The summed E-state index contributed by atoms with van der Waals surface area (Å²) in [5.41, 5.74) is 0. The Morgan fingerprint density at radius 1 is 0.812 bits per heavy atom. The van der Waals surface area contributed by atoms with Gasteiger partial charge >= 0.3 is 0 Å². The molecule has 2 rings (SSSR count). The third kappa shape index (κ3) is 5.45. The van der Waals surface area contributed by atoms with Crippen molar-refractivity contribution in [2.45, 2.75) is 76.3 Å². The molecule has 4 heteroatoms. The maximum Gasteiger partial charge on any atom is 0.152 e. The Morgan fingerprint density at radius 3 is 1.44 bits per heavy atom. The van der Waals surface area contributed by atoms with Crippen molar-refractivity contribution < 1.29 is 5.21 Å². The number of hydrogen-bond donors (Lipinski definition) is 2. The normalized spacial score (nSPS) is 23.2. The standard InChI is InChI=1S/C12H23N.HNO2/c1-3-7-11(8-4-1)13-12-9-5-2-6-10-12;2-1-3/h11-13H,1-10H2;(H,2,3). The van der Waals surface area contributed by atoms with E-state index in [0.717, 1.165) is 12.1 Å². The van der Waals surface area contributed by atoms with Crippen LogP contribution in [0.2, 0.25) is 0 Å². The van der Waals surface area contributed by atoms with Gasteiger partial charge in [-0.15, -0.1) is 4.91 Å². The molecule has 2 aliphatic rings. The van der Waals surface area contributed by atoms with Gasteiger partial charge in [-0.2, -0.15) is 0 Å². The monoisotopic (exact) mass is 228 g/mol. The minimum absolute atomic E-state index is 0.872. The Bertz CT molecular complexity index is 160. The minimum atomic E-state index is 0.872. The van der Waals surface area contributed by atoms with Crippen molar-refractivity contribution in [3.05, 3.63) is 4.91 Å². The van der Waals surface area contributed by atoms with Gasteiger partial charge in [-0.05, 0) is 25.7 Å². The molecule has 0 heterocycles. The number of hydrogen-bond acceptors (Lipinski definition) is 3. The first kappa shape index (κ1) is 13.4. The van der Waals surface area contributed by atoms with Gasteiger partial charge in [0, 0.05) is 12.1 Å². The molecule has 2 saturated carbocycles. The zero-order valence-electron chi connectivity index (χ0n) is 10.0. The van der Waals surface area contributed by atoms with Gasteiger partial charge in [0.05, 0.1) is 0 Å². The lowest BCUT2D eigenvalue weighted by Crippen LogP contribution is -2.40. The van der Waals surface area contributed by atoms with Gasteiger partial charge < -0.3 is 10.5 Å². The minimum Gasteiger partial charge on any atom is -0.379 e. The summed E-state index contributed by atoms with van der Waals surface area (Å²) in [4.78, 5) is 8.11. The molecule has 0 radical (unpaired) electrons. The first-order valence-electron chi connectivity index (χ1n) is 6.59. The molecule has 0 aromatic carbocycles. The molecule has 4 nitrogen and oxygen atoms in total. The predicted molar refractivity (Wildman–Crippen MR) is 64.5 cm³/mol. The van der Waals surface area contributed by atoms with Crippen molar-refractivity contribution >= 4 is 0 Å². The molecule has 2 fully saturated rings. The second kappa shape index (κ2) is 8.50. The van der Waals surface area contributed by atoms with Crippen LogP contribution in [0.1, 0.15) is 64.2 Å². The van der Waals surface area contributed by atoms with Crippen molar-refractivity contribution in [3.8, 4) is 0 Å². The van der Waals surface area contributed by atoms with Gasteiger partial charge in [0.1, 0.15) is 0 Å². The Morgan fingerprint density at radius 2 is 1.12 bits per heavy atom. The number of rotatable bonds is 2. The molecule has 0 atom stereocenters. The quantitative estimate of drug-likeness (QED) is 0.562. The highest BCUT2D eigenvalue weighted by Gasteiger charge is 2.19. The van der Waals surface area contributed by atoms with E-state index in [0.29, 0.717) is 0 Å². The molecule has 0 aromatic rings. The maximum atomic E-state index is 8.11. The lowest BCUT2D eigenvalue weighted by molar-refractivity contribution is 0.291. The van der Waals surface area contributed by atoms with E-state index in [2.05, 4.69) is 5.32 Å². The zero-order valence-corrected chi connectivity index (χ0v) is 10.0. The molecule has 0 unspecified atom stereocenters. The van der Waals surface area contributed by atoms with Crippen molar-refractivity contribution in [2.24, 2.45) is 5.34 Å². The van der Waals surface area contributed by atoms with E-state index in [1.165, 1.54) is 69.5 Å². The van der Waals surface area contributed by atoms with Gasteiger partial charge in [0.25, 0.3) is 0 Å². The van der Waals surface area contributed by atoms with Crippen molar-refractivity contribution in [3.63, 3.8) is 0 Å². The molecule has 0 amide bonds. The predicted octanol–water partition coefficient (Wildman–Crippen LogP) is 3.38. The van der Waals surface area contributed by atoms with Crippen LogP contribution in [0.5, 0.6) is 0 Å². The summed E-state index contributed by atoms with van der Waals surface area (Å²) >= 11 is 0. The summed E-state index contributed by atoms with van der Waals surface area (Å²) in [5, 5.41) is 11.7. The lowest BCUT2D eigenvalue weighted by Gasteiger charge is -2.30. The Balaban J connectivity index is 0.000000386. The van der Waals surface area contributed by atoms with E-state index >= 15 is 0 Å². The average molecular weight is 228 g/mol. The van der Waals surface area contributed by atoms with Crippen LogP contribution < -0.4 is 5.32 Å². The van der Waals surface area contributed by atoms with E-state index in [1.807, 2.05) is 0 Å². The summed E-state index contributed by atoms with van der Waals surface area (Å²) in [6.45, 7) is 0. The third-order valence-corrected chi connectivity index (χ3v) is 3.68. The highest BCUT2D eigenvalue weighted by molar-refractivity contribution is 4.79. The van der Waals surface area contributed by atoms with Crippen molar-refractivity contribution in [1.82, 2.24) is 5.32 Å². The van der Waals surface area contributed by atoms with Crippen molar-refractivity contribution in [1.29, 1.82) is 0 Å². The molecule has 0 saturated heterocycles. The molecule has 0 bridgehead atoms. The Hall–Kier alpha value is -0.640. The van der Waals surface area contributed by atoms with E-state index in [9.17, 15) is 0 Å². The maximum absolute atomic E-state index is 8.11. The summed E-state index contributed by atoms with van der Waals surface area (Å²) in [5.74, 6) is 0. The van der Waals surface area contributed by atoms with E-state index in [-0.39, 0.29) is 0 Å². The van der Waals surface area contributed by atoms with Gasteiger partial charge in [-0.25, -0.2) is 0 Å². The van der Waals surface area contributed by atoms with E-state index in [1.54, 1.807) is 0 Å². The SMILES string of the molecule is C1CCC(NC2CCCCC2)CC1.O=NO.